The van der Waals surface area contributed by atoms with Crippen LogP contribution in [0.25, 0.3) is 0 Å². The van der Waals surface area contributed by atoms with Crippen molar-refractivity contribution in [2.45, 2.75) is 25.5 Å². The van der Waals surface area contributed by atoms with Gasteiger partial charge in [0.25, 0.3) is 0 Å². The summed E-state index contributed by atoms with van der Waals surface area (Å²) in [4.78, 5) is 0. The summed E-state index contributed by atoms with van der Waals surface area (Å²) in [6, 6.07) is 0. The van der Waals surface area contributed by atoms with E-state index in [0.717, 1.165) is 0 Å². The van der Waals surface area contributed by atoms with Gasteiger partial charge in [0, 0.05) is 7.11 Å². The molecular weight excluding hydrogens is 162 g/mol. The van der Waals surface area contributed by atoms with Gasteiger partial charge in [-0.2, -0.15) is 0 Å². The fraction of sp³-hybridized carbons (Fsp3) is 0.857. The van der Waals surface area contributed by atoms with Gasteiger partial charge in [0.15, 0.2) is 0 Å². The van der Waals surface area contributed by atoms with Crippen LogP contribution < -0.4 is 0 Å². The molecule has 1 atom stereocenters. The number of nitrogens with zero attached hydrogens (tertiary/aromatic N) is 1. The first-order chi connectivity index (χ1) is 4.98. The number of ether oxygens (including phenoxy) is 1. The Morgan fingerprint density at radius 1 is 1.55 bits per heavy atom. The zero-order valence-electron chi connectivity index (χ0n) is 7.46. The smallest absolute Gasteiger partial charge is 0.144 e. The minimum absolute atomic E-state index is 0.274. The van der Waals surface area contributed by atoms with Crippen molar-refractivity contribution in [3.8, 4) is 0 Å². The van der Waals surface area contributed by atoms with Crippen molar-refractivity contribution in [2.75, 3.05) is 13.7 Å². The summed E-state index contributed by atoms with van der Waals surface area (Å²) in [6.07, 6.45) is 1.53. The summed E-state index contributed by atoms with van der Waals surface area (Å²) in [5.41, 5.74) is 0. The third-order valence-electron chi connectivity index (χ3n) is 0.935. The Bertz CT molecular complexity index is 131. The van der Waals surface area contributed by atoms with E-state index in [1.165, 1.54) is 6.21 Å². The second kappa shape index (κ2) is 4.74. The third-order valence-corrected chi connectivity index (χ3v) is 2.32. The summed E-state index contributed by atoms with van der Waals surface area (Å²) in [5, 5.41) is 0. The molecule has 0 saturated carbocycles. The highest BCUT2D eigenvalue weighted by atomic mass is 32.2. The quantitative estimate of drug-likeness (QED) is 0.480. The minimum Gasteiger partial charge on any atom is -0.591 e. The van der Waals surface area contributed by atoms with Gasteiger partial charge in [0.1, 0.15) is 16.1 Å². The van der Waals surface area contributed by atoms with Gasteiger partial charge >= 0.3 is 0 Å². The SMILES string of the molecule is COCC=N[S+]([O-])C(C)(C)C. The summed E-state index contributed by atoms with van der Waals surface area (Å²) in [6.45, 7) is 6.07. The summed E-state index contributed by atoms with van der Waals surface area (Å²) < 4.78 is 19.5. The monoisotopic (exact) mass is 177 g/mol. The normalized spacial score (nSPS) is 15.7. The van der Waals surface area contributed by atoms with Gasteiger partial charge in [-0.25, -0.2) is 0 Å². The lowest BCUT2D eigenvalue weighted by Crippen LogP contribution is -2.26. The zero-order valence-corrected chi connectivity index (χ0v) is 8.27. The lowest BCUT2D eigenvalue weighted by Gasteiger charge is -2.17. The van der Waals surface area contributed by atoms with Crippen LogP contribution in [0.1, 0.15) is 20.8 Å². The van der Waals surface area contributed by atoms with E-state index < -0.39 is 11.4 Å². The van der Waals surface area contributed by atoms with Crippen LogP contribution in [0.3, 0.4) is 0 Å². The average molecular weight is 177 g/mol. The molecule has 0 aromatic carbocycles. The molecule has 1 unspecified atom stereocenters. The van der Waals surface area contributed by atoms with Crippen LogP contribution in [0.15, 0.2) is 4.40 Å². The summed E-state index contributed by atoms with van der Waals surface area (Å²) >= 11 is -1.15. The molecule has 0 rings (SSSR count). The maximum absolute atomic E-state index is 11.2. The Hall–Kier alpha value is -0.0600. The molecule has 0 N–H and O–H groups in total. The lowest BCUT2D eigenvalue weighted by atomic mass is 10.3. The Kier molecular flexibility index (Phi) is 4.72. The van der Waals surface area contributed by atoms with E-state index in [2.05, 4.69) is 4.40 Å². The van der Waals surface area contributed by atoms with E-state index in [0.29, 0.717) is 6.61 Å². The molecule has 0 aliphatic rings. The standard InChI is InChI=1S/C7H15NO2S/c1-7(2,3)11(9)8-5-6-10-4/h5H,6H2,1-4H3. The molecule has 0 fully saturated rings. The molecule has 0 saturated heterocycles. The van der Waals surface area contributed by atoms with Crippen LogP contribution >= 0.6 is 0 Å². The second-order valence-electron chi connectivity index (χ2n) is 3.10. The number of methoxy groups -OCH3 is 1. The third kappa shape index (κ3) is 5.24. The molecule has 0 heterocycles. The topological polar surface area (TPSA) is 44.6 Å². The van der Waals surface area contributed by atoms with E-state index in [1.807, 2.05) is 20.8 Å². The van der Waals surface area contributed by atoms with Gasteiger partial charge in [-0.3, -0.25) is 0 Å². The van der Waals surface area contributed by atoms with E-state index in [4.69, 9.17) is 4.74 Å². The first-order valence-corrected chi connectivity index (χ1v) is 4.52. The minimum atomic E-state index is -1.15. The highest BCUT2D eigenvalue weighted by Gasteiger charge is 2.25. The van der Waals surface area contributed by atoms with Gasteiger partial charge in [-0.15, -0.1) is 0 Å². The van der Waals surface area contributed by atoms with Crippen molar-refractivity contribution in [1.82, 2.24) is 0 Å². The second-order valence-corrected chi connectivity index (χ2v) is 5.04. The predicted octanol–water partition coefficient (Wildman–Crippen LogP) is 1.17. The van der Waals surface area contributed by atoms with Crippen molar-refractivity contribution < 1.29 is 9.29 Å². The van der Waals surface area contributed by atoms with Gasteiger partial charge in [0.05, 0.1) is 12.8 Å². The molecule has 0 bridgehead atoms. The van der Waals surface area contributed by atoms with Crippen molar-refractivity contribution in [3.63, 3.8) is 0 Å². The van der Waals surface area contributed by atoms with E-state index in [1.54, 1.807) is 7.11 Å². The number of hydrogen-bond acceptors (Lipinski definition) is 3. The molecule has 66 valence electrons. The van der Waals surface area contributed by atoms with Crippen LogP contribution in [0, 0.1) is 0 Å². The molecule has 11 heavy (non-hydrogen) atoms. The van der Waals surface area contributed by atoms with Crippen LogP contribution in [0.2, 0.25) is 0 Å². The van der Waals surface area contributed by atoms with Crippen molar-refractivity contribution in [3.05, 3.63) is 0 Å². The van der Waals surface area contributed by atoms with E-state index in [9.17, 15) is 4.55 Å². The summed E-state index contributed by atoms with van der Waals surface area (Å²) in [7, 11) is 1.58. The fourth-order valence-corrected chi connectivity index (χ4v) is 0.843. The zero-order chi connectivity index (χ0) is 8.91. The van der Waals surface area contributed by atoms with Crippen molar-refractivity contribution >= 4 is 17.6 Å². The predicted molar refractivity (Wildman–Crippen MR) is 48.3 cm³/mol. The molecule has 0 aliphatic carbocycles. The Morgan fingerprint density at radius 2 is 2.09 bits per heavy atom. The summed E-state index contributed by atoms with van der Waals surface area (Å²) in [5.74, 6) is 0. The molecule has 0 aromatic heterocycles. The van der Waals surface area contributed by atoms with Gasteiger partial charge in [0.2, 0.25) is 0 Å². The van der Waals surface area contributed by atoms with E-state index in [-0.39, 0.29) is 4.75 Å². The molecular formula is C7H15NO2S. The Morgan fingerprint density at radius 3 is 2.45 bits per heavy atom. The van der Waals surface area contributed by atoms with Gasteiger partial charge in [-0.05, 0) is 20.8 Å². The van der Waals surface area contributed by atoms with Gasteiger partial charge in [-0.1, -0.05) is 4.40 Å². The first kappa shape index (κ1) is 10.9. The fourth-order valence-electron chi connectivity index (χ4n) is 0.331. The molecule has 3 nitrogen and oxygen atoms in total. The molecule has 0 aromatic rings. The molecule has 0 radical (unpaired) electrons. The number of hydrogen-bond donors (Lipinski definition) is 0. The maximum atomic E-state index is 11.2. The van der Waals surface area contributed by atoms with Crippen LogP contribution in [-0.4, -0.2) is 29.2 Å². The Labute approximate surface area is 71.2 Å². The van der Waals surface area contributed by atoms with Crippen LogP contribution in [0.4, 0.5) is 0 Å². The lowest BCUT2D eigenvalue weighted by molar-refractivity contribution is 0.248. The average Bonchev–Trinajstić information content (AvgIpc) is 1.86. The molecule has 4 heteroatoms. The van der Waals surface area contributed by atoms with E-state index >= 15 is 0 Å². The highest BCUT2D eigenvalue weighted by molar-refractivity contribution is 7.91. The molecule has 0 aliphatic heterocycles. The highest BCUT2D eigenvalue weighted by Crippen LogP contribution is 2.15. The van der Waals surface area contributed by atoms with Crippen LogP contribution in [0.5, 0.6) is 0 Å². The van der Waals surface area contributed by atoms with Crippen LogP contribution in [-0.2, 0) is 16.1 Å². The first-order valence-electron chi connectivity index (χ1n) is 3.42. The Balaban J connectivity index is 3.77. The molecule has 0 amide bonds. The largest absolute Gasteiger partial charge is 0.591 e. The maximum Gasteiger partial charge on any atom is 0.144 e. The van der Waals surface area contributed by atoms with Crippen molar-refractivity contribution in [1.29, 1.82) is 0 Å². The molecule has 0 spiro atoms. The number of rotatable bonds is 3. The van der Waals surface area contributed by atoms with Gasteiger partial charge < -0.3 is 9.29 Å². The van der Waals surface area contributed by atoms with Crippen molar-refractivity contribution in [2.24, 2.45) is 4.40 Å².